The predicted octanol–water partition coefficient (Wildman–Crippen LogP) is 1.76. The van der Waals surface area contributed by atoms with Crippen LogP contribution in [0, 0.1) is 5.92 Å². The summed E-state index contributed by atoms with van der Waals surface area (Å²) in [5.74, 6) is 0.374. The molecule has 0 spiro atoms. The largest absolute Gasteiger partial charge is 0.338 e. The summed E-state index contributed by atoms with van der Waals surface area (Å²) in [6.45, 7) is 3.62. The predicted molar refractivity (Wildman–Crippen MR) is 70.2 cm³/mol. The maximum absolute atomic E-state index is 11.7. The monoisotopic (exact) mass is 250 g/mol. The van der Waals surface area contributed by atoms with Crippen molar-refractivity contribution in [3.05, 3.63) is 18.5 Å². The first kappa shape index (κ1) is 12.9. The summed E-state index contributed by atoms with van der Waals surface area (Å²) < 4.78 is 1.89. The molecule has 1 aromatic heterocycles. The highest BCUT2D eigenvalue weighted by Crippen LogP contribution is 2.17. The van der Waals surface area contributed by atoms with Gasteiger partial charge in [0.25, 0.3) is 0 Å². The molecular formula is C13H22N4O. The van der Waals surface area contributed by atoms with Crippen molar-refractivity contribution in [2.75, 3.05) is 6.54 Å². The molecule has 5 nitrogen and oxygen atoms in total. The Hall–Kier alpha value is -1.52. The highest BCUT2D eigenvalue weighted by atomic mass is 16.2. The highest BCUT2D eigenvalue weighted by Gasteiger charge is 2.17. The summed E-state index contributed by atoms with van der Waals surface area (Å²) in [7, 11) is 0. The Balaban J connectivity index is 1.62. The molecule has 1 aliphatic rings. The van der Waals surface area contributed by atoms with Crippen molar-refractivity contribution in [1.29, 1.82) is 0 Å². The topological polar surface area (TPSA) is 59.0 Å². The summed E-state index contributed by atoms with van der Waals surface area (Å²) in [6.07, 6.45) is 8.43. The Labute approximate surface area is 108 Å². The van der Waals surface area contributed by atoms with Crippen molar-refractivity contribution in [1.82, 2.24) is 20.4 Å². The van der Waals surface area contributed by atoms with E-state index in [1.54, 1.807) is 6.20 Å². The van der Waals surface area contributed by atoms with Gasteiger partial charge in [0, 0.05) is 31.5 Å². The van der Waals surface area contributed by atoms with E-state index in [1.165, 1.54) is 12.8 Å². The normalized spacial score (nSPS) is 17.6. The molecule has 0 radical (unpaired) electrons. The molecule has 2 rings (SSSR count). The average Bonchev–Trinajstić information content (AvgIpc) is 2.99. The fraction of sp³-hybridized carbons (Fsp3) is 0.692. The zero-order chi connectivity index (χ0) is 12.8. The molecule has 0 bridgehead atoms. The third kappa shape index (κ3) is 4.05. The molecule has 18 heavy (non-hydrogen) atoms. The zero-order valence-electron chi connectivity index (χ0n) is 10.9. The molecule has 1 saturated carbocycles. The van der Waals surface area contributed by atoms with Gasteiger partial charge in [-0.05, 0) is 24.8 Å². The van der Waals surface area contributed by atoms with Gasteiger partial charge in [0.1, 0.15) is 0 Å². The Bertz CT molecular complexity index is 357. The molecule has 2 amide bonds. The molecule has 2 N–H and O–H groups in total. The van der Waals surface area contributed by atoms with Crippen LogP contribution in [0.15, 0.2) is 18.5 Å². The van der Waals surface area contributed by atoms with Crippen molar-refractivity contribution in [2.24, 2.45) is 5.92 Å². The van der Waals surface area contributed by atoms with Crippen LogP contribution in [-0.4, -0.2) is 28.4 Å². The number of carbonyl (C=O) groups excluding carboxylic acids is 1. The maximum atomic E-state index is 11.7. The first-order chi connectivity index (χ1) is 8.74. The van der Waals surface area contributed by atoms with Crippen molar-refractivity contribution in [3.63, 3.8) is 0 Å². The lowest BCUT2D eigenvalue weighted by Crippen LogP contribution is -2.42. The van der Waals surface area contributed by atoms with Crippen molar-refractivity contribution >= 4 is 6.03 Å². The van der Waals surface area contributed by atoms with Gasteiger partial charge >= 0.3 is 6.03 Å². The summed E-state index contributed by atoms with van der Waals surface area (Å²) in [6, 6.07) is 2.26. The van der Waals surface area contributed by atoms with E-state index in [1.807, 2.05) is 16.9 Å². The minimum atomic E-state index is -0.0331. The summed E-state index contributed by atoms with van der Waals surface area (Å²) in [4.78, 5) is 11.7. The molecule has 0 saturated heterocycles. The average molecular weight is 250 g/mol. The van der Waals surface area contributed by atoms with E-state index in [0.29, 0.717) is 18.5 Å². The van der Waals surface area contributed by atoms with Crippen LogP contribution in [0.5, 0.6) is 0 Å². The van der Waals surface area contributed by atoms with E-state index >= 15 is 0 Å². The van der Waals surface area contributed by atoms with E-state index < -0.39 is 0 Å². The van der Waals surface area contributed by atoms with Crippen LogP contribution in [0.1, 0.15) is 32.6 Å². The Morgan fingerprint density at radius 3 is 2.94 bits per heavy atom. The molecule has 5 heteroatoms. The fourth-order valence-electron chi connectivity index (χ4n) is 2.37. The lowest BCUT2D eigenvalue weighted by Gasteiger charge is -2.16. The van der Waals surface area contributed by atoms with Crippen molar-refractivity contribution in [2.45, 2.75) is 45.2 Å². The van der Waals surface area contributed by atoms with Gasteiger partial charge in [0.15, 0.2) is 0 Å². The van der Waals surface area contributed by atoms with Gasteiger partial charge in [-0.2, -0.15) is 5.10 Å². The number of aromatic nitrogens is 2. The Kier molecular flexibility index (Phi) is 4.61. The quantitative estimate of drug-likeness (QED) is 0.836. The van der Waals surface area contributed by atoms with Gasteiger partial charge in [0.05, 0.1) is 0 Å². The molecular weight excluding hydrogens is 228 g/mol. The SMILES string of the molecule is C[C@@H](CNC(=O)NC1CCCC1)Cn1cccn1. The van der Waals surface area contributed by atoms with Gasteiger partial charge in [-0.25, -0.2) is 4.79 Å². The number of urea groups is 1. The van der Waals surface area contributed by atoms with Gasteiger partial charge < -0.3 is 10.6 Å². The Morgan fingerprint density at radius 1 is 1.50 bits per heavy atom. The lowest BCUT2D eigenvalue weighted by atomic mass is 10.2. The van der Waals surface area contributed by atoms with Gasteiger partial charge in [-0.15, -0.1) is 0 Å². The van der Waals surface area contributed by atoms with Crippen LogP contribution in [0.2, 0.25) is 0 Å². The standard InChI is InChI=1S/C13H22N4O/c1-11(10-17-8-4-7-15-17)9-14-13(18)16-12-5-2-3-6-12/h4,7-8,11-12H,2-3,5-6,9-10H2,1H3,(H2,14,16,18)/t11-/m0/s1. The van der Waals surface area contributed by atoms with Gasteiger partial charge in [-0.3, -0.25) is 4.68 Å². The number of nitrogens with one attached hydrogen (secondary N) is 2. The van der Waals surface area contributed by atoms with Crippen molar-refractivity contribution < 1.29 is 4.79 Å². The molecule has 0 aromatic carbocycles. The molecule has 1 heterocycles. The van der Waals surface area contributed by atoms with E-state index in [4.69, 9.17) is 0 Å². The number of rotatable bonds is 5. The zero-order valence-corrected chi connectivity index (χ0v) is 10.9. The van der Waals surface area contributed by atoms with Gasteiger partial charge in [0.2, 0.25) is 0 Å². The van der Waals surface area contributed by atoms with Crippen LogP contribution in [0.4, 0.5) is 4.79 Å². The van der Waals surface area contributed by atoms with Crippen LogP contribution in [0.25, 0.3) is 0 Å². The van der Waals surface area contributed by atoms with Crippen LogP contribution < -0.4 is 10.6 Å². The number of nitrogens with zero attached hydrogens (tertiary/aromatic N) is 2. The minimum Gasteiger partial charge on any atom is -0.338 e. The highest BCUT2D eigenvalue weighted by molar-refractivity contribution is 5.74. The molecule has 100 valence electrons. The minimum absolute atomic E-state index is 0.0331. The fourth-order valence-corrected chi connectivity index (χ4v) is 2.37. The Morgan fingerprint density at radius 2 is 2.28 bits per heavy atom. The molecule has 0 aliphatic heterocycles. The lowest BCUT2D eigenvalue weighted by molar-refractivity contribution is 0.234. The second-order valence-corrected chi connectivity index (χ2v) is 5.17. The third-order valence-electron chi connectivity index (χ3n) is 3.36. The molecule has 0 unspecified atom stereocenters. The molecule has 1 aliphatic carbocycles. The summed E-state index contributed by atoms with van der Waals surface area (Å²) in [5.41, 5.74) is 0. The molecule has 1 atom stereocenters. The summed E-state index contributed by atoms with van der Waals surface area (Å²) in [5, 5.41) is 10.1. The van der Waals surface area contributed by atoms with Crippen molar-refractivity contribution in [3.8, 4) is 0 Å². The first-order valence-corrected chi connectivity index (χ1v) is 6.76. The van der Waals surface area contributed by atoms with E-state index in [2.05, 4.69) is 22.7 Å². The van der Waals surface area contributed by atoms with Crippen LogP contribution >= 0.6 is 0 Å². The number of amides is 2. The number of carbonyl (C=O) groups is 1. The van der Waals surface area contributed by atoms with Crippen LogP contribution in [-0.2, 0) is 6.54 Å². The van der Waals surface area contributed by atoms with E-state index in [9.17, 15) is 4.79 Å². The molecule has 1 fully saturated rings. The number of hydrogen-bond donors (Lipinski definition) is 2. The van der Waals surface area contributed by atoms with E-state index in [-0.39, 0.29) is 6.03 Å². The van der Waals surface area contributed by atoms with Crippen LogP contribution in [0.3, 0.4) is 0 Å². The maximum Gasteiger partial charge on any atom is 0.315 e. The second-order valence-electron chi connectivity index (χ2n) is 5.17. The van der Waals surface area contributed by atoms with Gasteiger partial charge in [-0.1, -0.05) is 19.8 Å². The third-order valence-corrected chi connectivity index (χ3v) is 3.36. The second kappa shape index (κ2) is 6.42. The number of hydrogen-bond acceptors (Lipinski definition) is 2. The smallest absolute Gasteiger partial charge is 0.315 e. The van der Waals surface area contributed by atoms with E-state index in [0.717, 1.165) is 19.4 Å². The summed E-state index contributed by atoms with van der Waals surface area (Å²) >= 11 is 0. The first-order valence-electron chi connectivity index (χ1n) is 6.76. The molecule has 1 aromatic rings.